The Morgan fingerprint density at radius 3 is 3.21 bits per heavy atom. The molecular weight excluding hydrogens is 268 g/mol. The Kier molecular flexibility index (Phi) is 5.17. The van der Waals surface area contributed by atoms with Gasteiger partial charge in [-0.05, 0) is 12.8 Å². The van der Waals surface area contributed by atoms with Gasteiger partial charge in [0.15, 0.2) is 5.16 Å². The first-order valence-corrected chi connectivity index (χ1v) is 7.15. The van der Waals surface area contributed by atoms with Crippen molar-refractivity contribution in [3.8, 4) is 0 Å². The third-order valence-corrected chi connectivity index (χ3v) is 3.66. The van der Waals surface area contributed by atoms with Crippen molar-refractivity contribution < 1.29 is 14.6 Å². The molecule has 106 valence electrons. The van der Waals surface area contributed by atoms with Crippen LogP contribution in [-0.4, -0.2) is 57.9 Å². The summed E-state index contributed by atoms with van der Waals surface area (Å²) in [6.45, 7) is 0.409. The van der Waals surface area contributed by atoms with E-state index in [1.807, 2.05) is 4.57 Å². The van der Waals surface area contributed by atoms with Crippen LogP contribution in [0.4, 0.5) is 0 Å². The largest absolute Gasteiger partial charge is 0.389 e. The summed E-state index contributed by atoms with van der Waals surface area (Å²) in [6, 6.07) is 0.504. The second-order valence-electron chi connectivity index (χ2n) is 4.45. The zero-order valence-corrected chi connectivity index (χ0v) is 11.6. The highest BCUT2D eigenvalue weighted by atomic mass is 32.2. The summed E-state index contributed by atoms with van der Waals surface area (Å²) in [7, 11) is 1.51. The number of nitrogens with zero attached hydrogens (tertiary/aromatic N) is 3. The van der Waals surface area contributed by atoms with E-state index in [9.17, 15) is 9.90 Å². The van der Waals surface area contributed by atoms with Crippen LogP contribution in [0.15, 0.2) is 11.5 Å². The minimum absolute atomic E-state index is 0.134. The molecule has 1 aliphatic rings. The van der Waals surface area contributed by atoms with E-state index >= 15 is 0 Å². The molecule has 0 radical (unpaired) electrons. The van der Waals surface area contributed by atoms with Gasteiger partial charge in [-0.2, -0.15) is 0 Å². The van der Waals surface area contributed by atoms with Gasteiger partial charge in [0, 0.05) is 19.7 Å². The number of thioether (sulfide) groups is 1. The number of aliphatic hydroxyl groups excluding tert-OH is 1. The zero-order chi connectivity index (χ0) is 13.7. The van der Waals surface area contributed by atoms with E-state index in [1.165, 1.54) is 18.9 Å². The van der Waals surface area contributed by atoms with Crippen LogP contribution in [0.3, 0.4) is 0 Å². The predicted octanol–water partition coefficient (Wildman–Crippen LogP) is -0.171. The van der Waals surface area contributed by atoms with Crippen molar-refractivity contribution in [2.45, 2.75) is 30.1 Å². The summed E-state index contributed by atoms with van der Waals surface area (Å²) in [5.74, 6) is 0.135. The van der Waals surface area contributed by atoms with E-state index in [4.69, 9.17) is 4.74 Å². The maximum Gasteiger partial charge on any atom is 0.230 e. The summed E-state index contributed by atoms with van der Waals surface area (Å²) < 4.78 is 6.79. The lowest BCUT2D eigenvalue weighted by Gasteiger charge is -2.10. The summed E-state index contributed by atoms with van der Waals surface area (Å²) >= 11 is 1.36. The van der Waals surface area contributed by atoms with Crippen LogP contribution in [0.5, 0.6) is 0 Å². The van der Waals surface area contributed by atoms with Gasteiger partial charge in [-0.15, -0.1) is 10.2 Å². The number of methoxy groups -OCH3 is 1. The van der Waals surface area contributed by atoms with Gasteiger partial charge in [0.2, 0.25) is 5.91 Å². The number of hydrogen-bond acceptors (Lipinski definition) is 6. The standard InChI is InChI=1S/C11H18N4O3S/c1-18-5-9(16)4-12-10(17)6-19-11-14-13-7-15(11)8-2-3-8/h7-9,16H,2-6H2,1H3,(H,12,17). The van der Waals surface area contributed by atoms with Gasteiger partial charge in [-0.3, -0.25) is 4.79 Å². The van der Waals surface area contributed by atoms with Crippen molar-refractivity contribution in [1.82, 2.24) is 20.1 Å². The lowest BCUT2D eigenvalue weighted by atomic mass is 10.4. The molecule has 1 aliphatic carbocycles. The van der Waals surface area contributed by atoms with E-state index in [-0.39, 0.29) is 24.8 Å². The lowest BCUT2D eigenvalue weighted by molar-refractivity contribution is -0.119. The summed E-state index contributed by atoms with van der Waals surface area (Å²) in [4.78, 5) is 11.6. The molecule has 1 heterocycles. The topological polar surface area (TPSA) is 89.3 Å². The Morgan fingerprint density at radius 2 is 2.53 bits per heavy atom. The van der Waals surface area contributed by atoms with Gasteiger partial charge in [0.05, 0.1) is 18.5 Å². The molecule has 1 unspecified atom stereocenters. The van der Waals surface area contributed by atoms with Crippen LogP contribution in [0.2, 0.25) is 0 Å². The summed E-state index contributed by atoms with van der Waals surface area (Å²) in [5, 5.41) is 20.7. The van der Waals surface area contributed by atoms with E-state index in [0.717, 1.165) is 18.0 Å². The minimum atomic E-state index is -0.672. The number of carbonyl (C=O) groups is 1. The molecule has 1 aromatic heterocycles. The second-order valence-corrected chi connectivity index (χ2v) is 5.40. The molecule has 8 heteroatoms. The minimum Gasteiger partial charge on any atom is -0.389 e. The molecule has 1 atom stereocenters. The number of carbonyl (C=O) groups excluding carboxylic acids is 1. The molecule has 7 nitrogen and oxygen atoms in total. The molecule has 0 aliphatic heterocycles. The monoisotopic (exact) mass is 286 g/mol. The number of rotatable bonds is 8. The average Bonchev–Trinajstić information content (AvgIpc) is 3.13. The van der Waals surface area contributed by atoms with Gasteiger partial charge < -0.3 is 19.7 Å². The zero-order valence-electron chi connectivity index (χ0n) is 10.8. The Labute approximate surface area is 115 Å². The fraction of sp³-hybridized carbons (Fsp3) is 0.727. The molecule has 19 heavy (non-hydrogen) atoms. The van der Waals surface area contributed by atoms with Crippen molar-refractivity contribution in [2.24, 2.45) is 0 Å². The summed E-state index contributed by atoms with van der Waals surface area (Å²) in [5.41, 5.74) is 0. The smallest absolute Gasteiger partial charge is 0.230 e. The maximum absolute atomic E-state index is 11.6. The van der Waals surface area contributed by atoms with E-state index in [2.05, 4.69) is 15.5 Å². The highest BCUT2D eigenvalue weighted by Gasteiger charge is 2.26. The van der Waals surface area contributed by atoms with Crippen molar-refractivity contribution in [1.29, 1.82) is 0 Å². The first kappa shape index (κ1) is 14.3. The Bertz CT molecular complexity index is 422. The molecule has 2 N–H and O–H groups in total. The van der Waals surface area contributed by atoms with Crippen LogP contribution >= 0.6 is 11.8 Å². The molecule has 0 bridgehead atoms. The highest BCUT2D eigenvalue weighted by molar-refractivity contribution is 7.99. The first-order valence-electron chi connectivity index (χ1n) is 6.16. The highest BCUT2D eigenvalue weighted by Crippen LogP contribution is 2.37. The van der Waals surface area contributed by atoms with Crippen LogP contribution in [-0.2, 0) is 9.53 Å². The van der Waals surface area contributed by atoms with Crippen LogP contribution in [0.1, 0.15) is 18.9 Å². The number of hydrogen-bond donors (Lipinski definition) is 2. The Morgan fingerprint density at radius 1 is 1.74 bits per heavy atom. The van der Waals surface area contributed by atoms with Gasteiger partial charge in [-0.25, -0.2) is 0 Å². The third kappa shape index (κ3) is 4.48. The lowest BCUT2D eigenvalue weighted by Crippen LogP contribution is -2.35. The maximum atomic E-state index is 11.6. The average molecular weight is 286 g/mol. The van der Waals surface area contributed by atoms with E-state index < -0.39 is 6.10 Å². The van der Waals surface area contributed by atoms with Gasteiger partial charge in [-0.1, -0.05) is 11.8 Å². The van der Waals surface area contributed by atoms with Crippen LogP contribution in [0.25, 0.3) is 0 Å². The quantitative estimate of drug-likeness (QED) is 0.645. The molecule has 1 saturated carbocycles. The second kappa shape index (κ2) is 6.88. The molecule has 1 fully saturated rings. The summed E-state index contributed by atoms with van der Waals surface area (Å²) in [6.07, 6.45) is 3.34. The Hall–Kier alpha value is -1.12. The number of nitrogens with one attached hydrogen (secondary N) is 1. The number of ether oxygens (including phenoxy) is 1. The molecule has 1 amide bonds. The normalized spacial score (nSPS) is 16.3. The number of aromatic nitrogens is 3. The predicted molar refractivity (Wildman–Crippen MR) is 69.9 cm³/mol. The Balaban J connectivity index is 1.69. The fourth-order valence-corrected chi connectivity index (χ4v) is 2.41. The molecule has 0 aromatic carbocycles. The SMILES string of the molecule is COCC(O)CNC(=O)CSc1nncn1C1CC1. The van der Waals surface area contributed by atoms with Crippen LogP contribution < -0.4 is 5.32 Å². The fourth-order valence-electron chi connectivity index (χ4n) is 1.60. The molecule has 1 aromatic rings. The van der Waals surface area contributed by atoms with Crippen LogP contribution in [0, 0.1) is 0 Å². The first-order chi connectivity index (χ1) is 9.20. The third-order valence-electron chi connectivity index (χ3n) is 2.71. The molecule has 0 spiro atoms. The van der Waals surface area contributed by atoms with Gasteiger partial charge in [0.1, 0.15) is 6.33 Å². The molecule has 0 saturated heterocycles. The molecular formula is C11H18N4O3S. The van der Waals surface area contributed by atoms with Gasteiger partial charge >= 0.3 is 0 Å². The van der Waals surface area contributed by atoms with Crippen molar-refractivity contribution >= 4 is 17.7 Å². The number of aliphatic hydroxyl groups is 1. The van der Waals surface area contributed by atoms with Crippen molar-refractivity contribution in [2.75, 3.05) is 26.0 Å². The van der Waals surface area contributed by atoms with Crippen molar-refractivity contribution in [3.63, 3.8) is 0 Å². The van der Waals surface area contributed by atoms with E-state index in [1.54, 1.807) is 6.33 Å². The van der Waals surface area contributed by atoms with E-state index in [0.29, 0.717) is 6.04 Å². The van der Waals surface area contributed by atoms with Gasteiger partial charge in [0.25, 0.3) is 0 Å². The van der Waals surface area contributed by atoms with Crippen molar-refractivity contribution in [3.05, 3.63) is 6.33 Å². The number of amides is 1. The molecule has 2 rings (SSSR count).